The Kier molecular flexibility index (Phi) is 7.71. The maximum absolute atomic E-state index is 12.9. The molecule has 2 aromatic carbocycles. The summed E-state index contributed by atoms with van der Waals surface area (Å²) < 4.78 is 10.5. The number of carbonyl (C=O) groups excluding carboxylic acids is 1. The molecule has 1 fully saturated rings. The van der Waals surface area contributed by atoms with E-state index in [1.165, 1.54) is 5.56 Å². The number of nitrogens with zero attached hydrogens (tertiary/aromatic N) is 4. The smallest absolute Gasteiger partial charge is 0.330 e. The van der Waals surface area contributed by atoms with Crippen molar-refractivity contribution in [1.82, 2.24) is 9.97 Å². The van der Waals surface area contributed by atoms with Crippen molar-refractivity contribution < 1.29 is 14.3 Å². The zero-order valence-electron chi connectivity index (χ0n) is 19.7. The zero-order valence-corrected chi connectivity index (χ0v) is 19.7. The maximum Gasteiger partial charge on any atom is 0.330 e. The number of methoxy groups -OCH3 is 1. The largest absolute Gasteiger partial charge is 0.459 e. The van der Waals surface area contributed by atoms with Crippen LogP contribution in [0.4, 0.5) is 5.82 Å². The van der Waals surface area contributed by atoms with Gasteiger partial charge in [0.15, 0.2) is 11.7 Å². The molecule has 7 heteroatoms. The van der Waals surface area contributed by atoms with E-state index in [9.17, 15) is 10.1 Å². The third-order valence-electron chi connectivity index (χ3n) is 6.22. The lowest BCUT2D eigenvalue weighted by Gasteiger charge is -2.34. The van der Waals surface area contributed by atoms with Crippen LogP contribution in [-0.4, -0.2) is 48.8 Å². The molecule has 2 heterocycles. The van der Waals surface area contributed by atoms with Crippen molar-refractivity contribution in [1.29, 1.82) is 5.26 Å². The maximum atomic E-state index is 12.9. The summed E-state index contributed by atoms with van der Waals surface area (Å²) >= 11 is 0. The highest BCUT2D eigenvalue weighted by molar-refractivity contribution is 5.85. The van der Waals surface area contributed by atoms with Crippen molar-refractivity contribution in [2.24, 2.45) is 5.92 Å². The molecule has 0 N–H and O–H groups in total. The predicted molar refractivity (Wildman–Crippen MR) is 130 cm³/mol. The van der Waals surface area contributed by atoms with Crippen molar-refractivity contribution >= 4 is 22.8 Å². The summed E-state index contributed by atoms with van der Waals surface area (Å²) in [7, 11) is 1.54. The number of esters is 1. The minimum atomic E-state index is -1.16. The van der Waals surface area contributed by atoms with Gasteiger partial charge in [-0.3, -0.25) is 4.79 Å². The average Bonchev–Trinajstić information content (AvgIpc) is 2.85. The molecule has 4 rings (SSSR count). The molecule has 0 aliphatic carbocycles. The molecular formula is C27H30N4O3. The van der Waals surface area contributed by atoms with Gasteiger partial charge in [0, 0.05) is 20.2 Å². The fraction of sp³-hybridized carbons (Fsp3) is 0.407. The Hall–Kier alpha value is -3.50. The van der Waals surface area contributed by atoms with Crippen LogP contribution in [0.15, 0.2) is 54.6 Å². The summed E-state index contributed by atoms with van der Waals surface area (Å²) in [5.41, 5.74) is 3.10. The first kappa shape index (κ1) is 23.7. The fourth-order valence-electron chi connectivity index (χ4n) is 4.49. The number of piperidine rings is 1. The lowest BCUT2D eigenvalue weighted by atomic mass is 9.90. The second-order valence-electron chi connectivity index (χ2n) is 8.81. The number of aromatic nitrogens is 2. The molecular weight excluding hydrogens is 428 g/mol. The highest BCUT2D eigenvalue weighted by atomic mass is 16.6. The molecule has 0 amide bonds. The Morgan fingerprint density at radius 3 is 2.38 bits per heavy atom. The van der Waals surface area contributed by atoms with Crippen LogP contribution in [0.2, 0.25) is 0 Å². The lowest BCUT2D eigenvalue weighted by Crippen LogP contribution is -2.36. The van der Waals surface area contributed by atoms with Gasteiger partial charge in [0.05, 0.1) is 23.7 Å². The van der Waals surface area contributed by atoms with Crippen molar-refractivity contribution in [3.8, 4) is 6.07 Å². The third-order valence-corrected chi connectivity index (χ3v) is 6.22. The highest BCUT2D eigenvalue weighted by Gasteiger charge is 2.32. The number of anilines is 1. The number of benzene rings is 2. The van der Waals surface area contributed by atoms with Crippen LogP contribution in [0.3, 0.4) is 0 Å². The van der Waals surface area contributed by atoms with Gasteiger partial charge in [-0.1, -0.05) is 42.5 Å². The van der Waals surface area contributed by atoms with Gasteiger partial charge < -0.3 is 14.4 Å². The number of ether oxygens (including phenoxy) is 2. The number of fused-ring (bicyclic) bond motifs is 1. The van der Waals surface area contributed by atoms with Gasteiger partial charge in [-0.05, 0) is 49.8 Å². The minimum Gasteiger partial charge on any atom is -0.459 e. The molecule has 0 spiro atoms. The first-order chi connectivity index (χ1) is 16.6. The second kappa shape index (κ2) is 11.1. The number of hydrogen-bond donors (Lipinski definition) is 0. The van der Waals surface area contributed by atoms with Crippen LogP contribution in [0.5, 0.6) is 0 Å². The van der Waals surface area contributed by atoms with E-state index >= 15 is 0 Å². The normalized spacial score (nSPS) is 16.1. The fourth-order valence-corrected chi connectivity index (χ4v) is 4.49. The van der Waals surface area contributed by atoms with E-state index in [-0.39, 0.29) is 6.61 Å². The van der Waals surface area contributed by atoms with Gasteiger partial charge in [0.2, 0.25) is 0 Å². The number of hydrogen-bond acceptors (Lipinski definition) is 7. The van der Waals surface area contributed by atoms with E-state index < -0.39 is 18.0 Å². The Morgan fingerprint density at radius 1 is 1.09 bits per heavy atom. The second-order valence-corrected chi connectivity index (χ2v) is 8.81. The van der Waals surface area contributed by atoms with E-state index in [4.69, 9.17) is 19.4 Å². The number of rotatable bonds is 8. The molecule has 0 unspecified atom stereocenters. The summed E-state index contributed by atoms with van der Waals surface area (Å²) in [4.78, 5) is 24.6. The Labute approximate surface area is 200 Å². The topological polar surface area (TPSA) is 88.3 Å². The Bertz CT molecular complexity index is 1150. The molecule has 176 valence electrons. The molecule has 0 saturated carbocycles. The molecule has 34 heavy (non-hydrogen) atoms. The van der Waals surface area contributed by atoms with Gasteiger partial charge in [0.1, 0.15) is 11.8 Å². The Morgan fingerprint density at radius 2 is 1.74 bits per heavy atom. The number of para-hydroxylation sites is 2. The lowest BCUT2D eigenvalue weighted by molar-refractivity contribution is -0.150. The van der Waals surface area contributed by atoms with Crippen molar-refractivity contribution in [3.63, 3.8) is 0 Å². The molecule has 3 aromatic rings. The molecule has 7 nitrogen and oxygen atoms in total. The minimum absolute atomic E-state index is 0.259. The van der Waals surface area contributed by atoms with Crippen LogP contribution >= 0.6 is 0 Å². The number of nitriles is 1. The van der Waals surface area contributed by atoms with Gasteiger partial charge in [-0.2, -0.15) is 5.26 Å². The molecule has 1 aliphatic heterocycles. The quantitative estimate of drug-likeness (QED) is 0.466. The summed E-state index contributed by atoms with van der Waals surface area (Å²) in [6.07, 6.45) is 2.61. The third kappa shape index (κ3) is 5.52. The van der Waals surface area contributed by atoms with Crippen LogP contribution in [0.25, 0.3) is 11.0 Å². The summed E-state index contributed by atoms with van der Waals surface area (Å²) in [6.45, 7) is 3.59. The SMILES string of the molecule is COC[C@H](C)OC(=O)[C@H](C#N)c1nc2ccccc2nc1N1CCC(Cc2ccccc2)CC1. The van der Waals surface area contributed by atoms with Gasteiger partial charge in [-0.25, -0.2) is 9.97 Å². The van der Waals surface area contributed by atoms with Crippen molar-refractivity contribution in [2.75, 3.05) is 31.7 Å². The first-order valence-electron chi connectivity index (χ1n) is 11.7. The molecule has 0 bridgehead atoms. The molecule has 1 aromatic heterocycles. The predicted octanol–water partition coefficient (Wildman–Crippen LogP) is 4.27. The van der Waals surface area contributed by atoms with Crippen LogP contribution in [-0.2, 0) is 20.7 Å². The summed E-state index contributed by atoms with van der Waals surface area (Å²) in [5, 5.41) is 9.93. The number of carbonyl (C=O) groups is 1. The van der Waals surface area contributed by atoms with E-state index in [1.807, 2.05) is 30.3 Å². The first-order valence-corrected chi connectivity index (χ1v) is 11.7. The Balaban J connectivity index is 1.58. The highest BCUT2D eigenvalue weighted by Crippen LogP contribution is 2.32. The van der Waals surface area contributed by atoms with E-state index in [0.717, 1.165) is 37.9 Å². The van der Waals surface area contributed by atoms with E-state index in [1.54, 1.807) is 14.0 Å². The van der Waals surface area contributed by atoms with Gasteiger partial charge in [0.25, 0.3) is 0 Å². The average molecular weight is 459 g/mol. The van der Waals surface area contributed by atoms with E-state index in [0.29, 0.717) is 22.9 Å². The molecule has 1 aliphatic rings. The van der Waals surface area contributed by atoms with Crippen LogP contribution in [0, 0.1) is 17.2 Å². The van der Waals surface area contributed by atoms with Crippen LogP contribution in [0.1, 0.15) is 36.9 Å². The van der Waals surface area contributed by atoms with E-state index in [2.05, 4.69) is 35.2 Å². The zero-order chi connectivity index (χ0) is 23.9. The standard InChI is InChI=1S/C27H30N4O3/c1-19(18-33-2)34-27(32)22(17-28)25-26(30-24-11-7-6-10-23(24)29-25)31-14-12-21(13-15-31)16-20-8-4-3-5-9-20/h3-11,19,21-22H,12-16,18H2,1-2H3/t19-,22+/m0/s1. The summed E-state index contributed by atoms with van der Waals surface area (Å²) in [5.74, 6) is -0.604. The van der Waals surface area contributed by atoms with Gasteiger partial charge in [-0.15, -0.1) is 0 Å². The van der Waals surface area contributed by atoms with Crippen LogP contribution < -0.4 is 4.90 Å². The molecule has 1 saturated heterocycles. The van der Waals surface area contributed by atoms with Gasteiger partial charge >= 0.3 is 5.97 Å². The van der Waals surface area contributed by atoms with Crippen molar-refractivity contribution in [2.45, 2.75) is 38.2 Å². The summed E-state index contributed by atoms with van der Waals surface area (Å²) in [6, 6.07) is 20.2. The van der Waals surface area contributed by atoms with Crippen molar-refractivity contribution in [3.05, 3.63) is 65.9 Å². The molecule has 2 atom stereocenters. The molecule has 0 radical (unpaired) electrons. The monoisotopic (exact) mass is 458 g/mol.